The van der Waals surface area contributed by atoms with Gasteiger partial charge >= 0.3 is 0 Å². The molecule has 0 aliphatic rings. The molecule has 1 unspecified atom stereocenters. The largest absolute Gasteiger partial charge is 0.480 e. The van der Waals surface area contributed by atoms with Crippen LogP contribution in [-0.4, -0.2) is 29.3 Å². The molecule has 5 heteroatoms. The van der Waals surface area contributed by atoms with E-state index in [1.807, 2.05) is 30.3 Å². The van der Waals surface area contributed by atoms with Crippen molar-refractivity contribution in [1.82, 2.24) is 9.97 Å². The second-order valence-corrected chi connectivity index (χ2v) is 3.62. The molecule has 1 aromatic heterocycles. The van der Waals surface area contributed by atoms with E-state index in [0.29, 0.717) is 11.6 Å². The van der Waals surface area contributed by atoms with Crippen molar-refractivity contribution in [3.63, 3.8) is 0 Å². The van der Waals surface area contributed by atoms with Gasteiger partial charge in [0.25, 0.3) is 0 Å². The molecule has 0 radical (unpaired) electrons. The SMILES string of the molecule is COc1cnc(C(O)c2ccccc2)c(OC)n1. The van der Waals surface area contributed by atoms with Crippen LogP contribution >= 0.6 is 0 Å². The van der Waals surface area contributed by atoms with Gasteiger partial charge in [0.15, 0.2) is 0 Å². The van der Waals surface area contributed by atoms with Crippen LogP contribution in [0.4, 0.5) is 0 Å². The van der Waals surface area contributed by atoms with Crippen LogP contribution < -0.4 is 9.47 Å². The number of aliphatic hydroxyl groups is 1. The zero-order valence-corrected chi connectivity index (χ0v) is 10.2. The first-order valence-corrected chi connectivity index (χ1v) is 5.44. The van der Waals surface area contributed by atoms with Gasteiger partial charge in [0.2, 0.25) is 11.8 Å². The Morgan fingerprint density at radius 3 is 2.44 bits per heavy atom. The van der Waals surface area contributed by atoms with Crippen LogP contribution in [0.15, 0.2) is 36.5 Å². The summed E-state index contributed by atoms with van der Waals surface area (Å²) < 4.78 is 10.1. The van der Waals surface area contributed by atoms with Gasteiger partial charge in [0.05, 0.1) is 20.4 Å². The summed E-state index contributed by atoms with van der Waals surface area (Å²) in [6, 6.07) is 9.21. The molecule has 0 saturated carbocycles. The summed E-state index contributed by atoms with van der Waals surface area (Å²) in [5.74, 6) is 0.599. The first-order chi connectivity index (χ1) is 8.76. The molecule has 2 rings (SSSR count). The first-order valence-electron chi connectivity index (χ1n) is 5.44. The Balaban J connectivity index is 2.38. The third-order valence-corrected chi connectivity index (χ3v) is 2.52. The highest BCUT2D eigenvalue weighted by atomic mass is 16.5. The highest BCUT2D eigenvalue weighted by molar-refractivity contribution is 5.32. The number of hydrogen-bond acceptors (Lipinski definition) is 5. The zero-order chi connectivity index (χ0) is 13.0. The maximum absolute atomic E-state index is 10.2. The molecule has 0 fully saturated rings. The van der Waals surface area contributed by atoms with Crippen molar-refractivity contribution in [1.29, 1.82) is 0 Å². The van der Waals surface area contributed by atoms with E-state index in [2.05, 4.69) is 9.97 Å². The molecule has 0 saturated heterocycles. The number of methoxy groups -OCH3 is 2. The van der Waals surface area contributed by atoms with Crippen LogP contribution in [0.1, 0.15) is 17.4 Å². The smallest absolute Gasteiger partial charge is 0.241 e. The topological polar surface area (TPSA) is 64.5 Å². The number of nitrogens with zero attached hydrogens (tertiary/aromatic N) is 2. The molecule has 1 aromatic carbocycles. The monoisotopic (exact) mass is 246 g/mol. The van der Waals surface area contributed by atoms with Crippen molar-refractivity contribution in [2.24, 2.45) is 0 Å². The van der Waals surface area contributed by atoms with Gasteiger partial charge in [-0.3, -0.25) is 0 Å². The van der Waals surface area contributed by atoms with Gasteiger partial charge in [-0.15, -0.1) is 0 Å². The lowest BCUT2D eigenvalue weighted by molar-refractivity contribution is 0.206. The third-order valence-electron chi connectivity index (χ3n) is 2.52. The predicted octanol–water partition coefficient (Wildman–Crippen LogP) is 1.58. The van der Waals surface area contributed by atoms with E-state index in [1.54, 1.807) is 0 Å². The zero-order valence-electron chi connectivity index (χ0n) is 10.2. The van der Waals surface area contributed by atoms with E-state index in [0.717, 1.165) is 5.56 Å². The molecule has 1 heterocycles. The number of rotatable bonds is 4. The molecule has 94 valence electrons. The van der Waals surface area contributed by atoms with E-state index in [4.69, 9.17) is 9.47 Å². The van der Waals surface area contributed by atoms with Gasteiger partial charge in [-0.1, -0.05) is 30.3 Å². The molecule has 0 aliphatic heterocycles. The quantitative estimate of drug-likeness (QED) is 0.887. The maximum Gasteiger partial charge on any atom is 0.241 e. The summed E-state index contributed by atoms with van der Waals surface area (Å²) in [4.78, 5) is 8.22. The fourth-order valence-corrected chi connectivity index (χ4v) is 1.60. The lowest BCUT2D eigenvalue weighted by Gasteiger charge is -2.13. The molecule has 0 bridgehead atoms. The van der Waals surface area contributed by atoms with E-state index in [9.17, 15) is 5.11 Å². The third kappa shape index (κ3) is 2.41. The lowest BCUT2D eigenvalue weighted by Crippen LogP contribution is -2.07. The minimum atomic E-state index is -0.875. The summed E-state index contributed by atoms with van der Waals surface area (Å²) >= 11 is 0. The number of ether oxygens (including phenoxy) is 2. The lowest BCUT2D eigenvalue weighted by atomic mass is 10.1. The fourth-order valence-electron chi connectivity index (χ4n) is 1.60. The predicted molar refractivity (Wildman–Crippen MR) is 65.6 cm³/mol. The van der Waals surface area contributed by atoms with Gasteiger partial charge < -0.3 is 14.6 Å². The molecule has 0 spiro atoms. The Morgan fingerprint density at radius 1 is 1.11 bits per heavy atom. The Labute approximate surface area is 105 Å². The molecule has 2 aromatic rings. The van der Waals surface area contributed by atoms with Crippen LogP contribution in [-0.2, 0) is 0 Å². The van der Waals surface area contributed by atoms with Gasteiger partial charge in [-0.2, -0.15) is 4.98 Å². The van der Waals surface area contributed by atoms with Crippen LogP contribution in [0.3, 0.4) is 0 Å². The van der Waals surface area contributed by atoms with E-state index >= 15 is 0 Å². The van der Waals surface area contributed by atoms with E-state index < -0.39 is 6.10 Å². The molecule has 0 amide bonds. The van der Waals surface area contributed by atoms with Gasteiger partial charge in [0.1, 0.15) is 11.8 Å². The number of hydrogen-bond donors (Lipinski definition) is 1. The standard InChI is InChI=1S/C13H14N2O3/c1-17-10-8-14-11(13(15-10)18-2)12(16)9-6-4-3-5-7-9/h3-8,12,16H,1-2H3. The summed E-state index contributed by atoms with van der Waals surface area (Å²) in [6.07, 6.45) is 0.573. The summed E-state index contributed by atoms with van der Waals surface area (Å²) in [6.45, 7) is 0. The normalized spacial score (nSPS) is 11.9. The Morgan fingerprint density at radius 2 is 1.83 bits per heavy atom. The molecular weight excluding hydrogens is 232 g/mol. The van der Waals surface area contributed by atoms with Crippen molar-refractivity contribution in [2.45, 2.75) is 6.10 Å². The van der Waals surface area contributed by atoms with Crippen molar-refractivity contribution < 1.29 is 14.6 Å². The minimum absolute atomic E-state index is 0.255. The second-order valence-electron chi connectivity index (χ2n) is 3.62. The second kappa shape index (κ2) is 5.46. The minimum Gasteiger partial charge on any atom is -0.480 e. The van der Waals surface area contributed by atoms with Crippen LogP contribution in [0.25, 0.3) is 0 Å². The fraction of sp³-hybridized carbons (Fsp3) is 0.231. The van der Waals surface area contributed by atoms with E-state index in [1.165, 1.54) is 20.4 Å². The van der Waals surface area contributed by atoms with Gasteiger partial charge in [0, 0.05) is 0 Å². The van der Waals surface area contributed by atoms with Crippen molar-refractivity contribution in [2.75, 3.05) is 14.2 Å². The van der Waals surface area contributed by atoms with Crippen LogP contribution in [0.2, 0.25) is 0 Å². The Bertz CT molecular complexity index is 517. The van der Waals surface area contributed by atoms with Crippen LogP contribution in [0, 0.1) is 0 Å². The van der Waals surface area contributed by atoms with Gasteiger partial charge in [-0.25, -0.2) is 4.98 Å². The average molecular weight is 246 g/mol. The molecule has 0 aliphatic carbocycles. The Kier molecular flexibility index (Phi) is 3.74. The summed E-state index contributed by atoms with van der Waals surface area (Å²) in [5.41, 5.74) is 1.10. The van der Waals surface area contributed by atoms with E-state index in [-0.39, 0.29) is 5.88 Å². The molecule has 18 heavy (non-hydrogen) atoms. The molecular formula is C13H14N2O3. The van der Waals surface area contributed by atoms with Crippen molar-refractivity contribution in [3.8, 4) is 11.8 Å². The van der Waals surface area contributed by atoms with Crippen molar-refractivity contribution >= 4 is 0 Å². The summed E-state index contributed by atoms with van der Waals surface area (Å²) in [5, 5.41) is 10.2. The Hall–Kier alpha value is -2.14. The molecule has 1 atom stereocenters. The van der Waals surface area contributed by atoms with Crippen LogP contribution in [0.5, 0.6) is 11.8 Å². The highest BCUT2D eigenvalue weighted by Gasteiger charge is 2.18. The van der Waals surface area contributed by atoms with Gasteiger partial charge in [-0.05, 0) is 5.56 Å². The summed E-state index contributed by atoms with van der Waals surface area (Å²) in [7, 11) is 2.97. The molecule has 5 nitrogen and oxygen atoms in total. The maximum atomic E-state index is 10.2. The average Bonchev–Trinajstić information content (AvgIpc) is 2.46. The number of benzene rings is 1. The van der Waals surface area contributed by atoms with Crippen molar-refractivity contribution in [3.05, 3.63) is 47.8 Å². The first kappa shape index (κ1) is 12.3. The molecule has 1 N–H and O–H groups in total. The number of aromatic nitrogens is 2. The highest BCUT2D eigenvalue weighted by Crippen LogP contribution is 2.27. The number of aliphatic hydroxyl groups excluding tert-OH is 1.